The normalized spacial score (nSPS) is 11.5. The van der Waals surface area contributed by atoms with Crippen molar-refractivity contribution in [2.75, 3.05) is 5.73 Å². The van der Waals surface area contributed by atoms with Gasteiger partial charge < -0.3 is 5.73 Å². The van der Waals surface area contributed by atoms with Crippen molar-refractivity contribution >= 4 is 35.4 Å². The lowest BCUT2D eigenvalue weighted by Gasteiger charge is -2.06. The highest BCUT2D eigenvalue weighted by Gasteiger charge is 2.16. The number of benzene rings is 2. The standard InChI is InChI=1S/C24H20N6O2/c25-23-27-28-24-26-21(15-19(31)13-11-17-7-3-1-4-8-17)22(29-30(23)24)16-20(32)14-12-18-9-5-2-6-10-18/h1-14H,15-16H2,(H2,25,27)/b13-11+,14-12+. The minimum atomic E-state index is -0.178. The molecule has 0 saturated carbocycles. The van der Waals surface area contributed by atoms with Crippen LogP contribution in [0.15, 0.2) is 72.8 Å². The van der Waals surface area contributed by atoms with Gasteiger partial charge in [0.15, 0.2) is 11.6 Å². The van der Waals surface area contributed by atoms with Gasteiger partial charge in [-0.25, -0.2) is 4.98 Å². The van der Waals surface area contributed by atoms with Gasteiger partial charge in [0.05, 0.1) is 24.2 Å². The minimum Gasteiger partial charge on any atom is -0.366 e. The molecule has 0 saturated heterocycles. The zero-order valence-corrected chi connectivity index (χ0v) is 17.1. The van der Waals surface area contributed by atoms with Gasteiger partial charge in [-0.2, -0.15) is 9.61 Å². The highest BCUT2D eigenvalue weighted by atomic mass is 16.1. The fraction of sp³-hybridized carbons (Fsp3) is 0.0833. The third-order valence-electron chi connectivity index (χ3n) is 4.64. The van der Waals surface area contributed by atoms with Gasteiger partial charge in [0.25, 0.3) is 5.78 Å². The summed E-state index contributed by atoms with van der Waals surface area (Å²) in [5.41, 5.74) is 8.33. The van der Waals surface area contributed by atoms with Gasteiger partial charge >= 0.3 is 0 Å². The van der Waals surface area contributed by atoms with Gasteiger partial charge in [-0.15, -0.1) is 10.2 Å². The Kier molecular flexibility index (Phi) is 6.22. The zero-order chi connectivity index (χ0) is 22.3. The molecule has 0 unspecified atom stereocenters. The summed E-state index contributed by atoms with van der Waals surface area (Å²) in [6.07, 6.45) is 6.38. The Bertz CT molecular complexity index is 1310. The van der Waals surface area contributed by atoms with Crippen LogP contribution in [0.1, 0.15) is 22.5 Å². The predicted molar refractivity (Wildman–Crippen MR) is 121 cm³/mol. The highest BCUT2D eigenvalue weighted by molar-refractivity contribution is 5.96. The Balaban J connectivity index is 1.56. The molecule has 0 aliphatic carbocycles. The molecule has 2 heterocycles. The van der Waals surface area contributed by atoms with E-state index in [4.69, 9.17) is 5.73 Å². The van der Waals surface area contributed by atoms with Crippen LogP contribution in [0.5, 0.6) is 0 Å². The summed E-state index contributed by atoms with van der Waals surface area (Å²) in [5.74, 6) is -0.118. The van der Waals surface area contributed by atoms with Gasteiger partial charge in [-0.05, 0) is 23.3 Å². The van der Waals surface area contributed by atoms with Crippen LogP contribution in [0, 0.1) is 0 Å². The lowest BCUT2D eigenvalue weighted by atomic mass is 10.1. The first-order valence-electron chi connectivity index (χ1n) is 9.97. The molecule has 0 radical (unpaired) electrons. The average molecular weight is 424 g/mol. The van der Waals surface area contributed by atoms with Gasteiger partial charge in [-0.1, -0.05) is 72.8 Å². The number of hydrogen-bond acceptors (Lipinski definition) is 7. The summed E-state index contributed by atoms with van der Waals surface area (Å²) in [6.45, 7) is 0. The Morgan fingerprint density at radius 2 is 1.31 bits per heavy atom. The van der Waals surface area contributed by atoms with Crippen molar-refractivity contribution in [3.63, 3.8) is 0 Å². The second-order valence-electron chi connectivity index (χ2n) is 7.05. The van der Waals surface area contributed by atoms with Gasteiger partial charge in [0.1, 0.15) is 0 Å². The molecule has 0 aliphatic heterocycles. The van der Waals surface area contributed by atoms with E-state index in [0.717, 1.165) is 11.1 Å². The van der Waals surface area contributed by atoms with Crippen LogP contribution in [0.4, 0.5) is 5.95 Å². The molecule has 4 rings (SSSR count). The topological polar surface area (TPSA) is 116 Å². The van der Waals surface area contributed by atoms with E-state index in [1.54, 1.807) is 12.2 Å². The van der Waals surface area contributed by atoms with E-state index in [1.807, 2.05) is 60.7 Å². The van der Waals surface area contributed by atoms with Crippen LogP contribution < -0.4 is 5.73 Å². The van der Waals surface area contributed by atoms with Gasteiger partial charge in [0.2, 0.25) is 5.95 Å². The van der Waals surface area contributed by atoms with Crippen LogP contribution in [0.3, 0.4) is 0 Å². The van der Waals surface area contributed by atoms with Crippen molar-refractivity contribution in [2.24, 2.45) is 0 Å². The first-order chi connectivity index (χ1) is 15.6. The molecule has 2 aromatic carbocycles. The molecule has 2 aromatic heterocycles. The van der Waals surface area contributed by atoms with E-state index in [1.165, 1.54) is 16.7 Å². The maximum Gasteiger partial charge on any atom is 0.273 e. The molecule has 0 spiro atoms. The van der Waals surface area contributed by atoms with Crippen LogP contribution in [-0.2, 0) is 22.4 Å². The lowest BCUT2D eigenvalue weighted by molar-refractivity contribution is -0.115. The number of rotatable bonds is 8. The van der Waals surface area contributed by atoms with E-state index in [9.17, 15) is 9.59 Å². The number of nitrogens with two attached hydrogens (primary N) is 1. The Labute approximate surface area is 184 Å². The van der Waals surface area contributed by atoms with E-state index >= 15 is 0 Å². The zero-order valence-electron chi connectivity index (χ0n) is 17.1. The van der Waals surface area contributed by atoms with Crippen LogP contribution in [0.25, 0.3) is 17.9 Å². The number of nitrogens with zero attached hydrogens (tertiary/aromatic N) is 5. The number of ketones is 2. The van der Waals surface area contributed by atoms with Crippen molar-refractivity contribution in [3.05, 3.63) is 95.3 Å². The molecule has 0 aliphatic rings. The highest BCUT2D eigenvalue weighted by Crippen LogP contribution is 2.12. The first kappa shape index (κ1) is 20.8. The monoisotopic (exact) mass is 424 g/mol. The van der Waals surface area contributed by atoms with Gasteiger partial charge in [0, 0.05) is 0 Å². The summed E-state index contributed by atoms with van der Waals surface area (Å²) in [7, 11) is 0. The number of allylic oxidation sites excluding steroid dienone is 2. The first-order valence-corrected chi connectivity index (χ1v) is 9.97. The van der Waals surface area contributed by atoms with Crippen molar-refractivity contribution in [3.8, 4) is 0 Å². The molecule has 32 heavy (non-hydrogen) atoms. The molecule has 2 N–H and O–H groups in total. The fourth-order valence-corrected chi connectivity index (χ4v) is 3.05. The fourth-order valence-electron chi connectivity index (χ4n) is 3.05. The Morgan fingerprint density at radius 3 is 1.88 bits per heavy atom. The van der Waals surface area contributed by atoms with E-state index in [2.05, 4.69) is 20.3 Å². The summed E-state index contributed by atoms with van der Waals surface area (Å²) >= 11 is 0. The number of hydrogen-bond donors (Lipinski definition) is 1. The quantitative estimate of drug-likeness (QED) is 0.432. The summed E-state index contributed by atoms with van der Waals surface area (Å²) in [6, 6.07) is 19.0. The van der Waals surface area contributed by atoms with Crippen LogP contribution >= 0.6 is 0 Å². The molecule has 8 heteroatoms. The largest absolute Gasteiger partial charge is 0.366 e. The maximum atomic E-state index is 12.6. The van der Waals surface area contributed by atoms with E-state index < -0.39 is 0 Å². The smallest absolute Gasteiger partial charge is 0.273 e. The second-order valence-corrected chi connectivity index (χ2v) is 7.05. The minimum absolute atomic E-state index is 0.0232. The molecule has 0 amide bonds. The average Bonchev–Trinajstić information content (AvgIpc) is 3.17. The van der Waals surface area contributed by atoms with Crippen LogP contribution in [0.2, 0.25) is 0 Å². The number of carbonyl (C=O) groups excluding carboxylic acids is 2. The third-order valence-corrected chi connectivity index (χ3v) is 4.64. The summed E-state index contributed by atoms with van der Waals surface area (Å²) < 4.78 is 1.26. The van der Waals surface area contributed by atoms with Crippen molar-refractivity contribution in [1.29, 1.82) is 0 Å². The number of nitrogen functional groups attached to an aromatic ring is 1. The van der Waals surface area contributed by atoms with Crippen molar-refractivity contribution < 1.29 is 9.59 Å². The number of anilines is 1. The molecule has 8 nitrogen and oxygen atoms in total. The summed E-state index contributed by atoms with van der Waals surface area (Å²) in [4.78, 5) is 29.5. The SMILES string of the molecule is Nc1nnc2nc(CC(=O)/C=C/c3ccccc3)c(CC(=O)/C=C/c3ccccc3)nn12. The predicted octanol–water partition coefficient (Wildman–Crippen LogP) is 2.75. The number of fused-ring (bicyclic) bond motifs is 1. The Hall–Kier alpha value is -4.46. The van der Waals surface area contributed by atoms with Crippen molar-refractivity contribution in [1.82, 2.24) is 24.8 Å². The summed E-state index contributed by atoms with van der Waals surface area (Å²) in [5, 5.41) is 12.0. The van der Waals surface area contributed by atoms with Gasteiger partial charge in [-0.3, -0.25) is 9.59 Å². The van der Waals surface area contributed by atoms with Crippen molar-refractivity contribution in [2.45, 2.75) is 12.8 Å². The molecule has 0 atom stereocenters. The molecular formula is C24H20N6O2. The number of aromatic nitrogens is 5. The number of carbonyl (C=O) groups is 2. The van der Waals surface area contributed by atoms with E-state index in [0.29, 0.717) is 11.4 Å². The molecule has 4 aromatic rings. The third kappa shape index (κ3) is 5.17. The van der Waals surface area contributed by atoms with E-state index in [-0.39, 0.29) is 36.1 Å². The lowest BCUT2D eigenvalue weighted by Crippen LogP contribution is -2.14. The maximum absolute atomic E-state index is 12.6. The second kappa shape index (κ2) is 9.57. The molecule has 0 bridgehead atoms. The molecule has 0 fully saturated rings. The molecular weight excluding hydrogens is 404 g/mol. The Morgan fingerprint density at radius 1 is 0.781 bits per heavy atom. The molecule has 158 valence electrons. The van der Waals surface area contributed by atoms with Crippen LogP contribution in [-0.4, -0.2) is 36.4 Å².